The molecule has 1 aliphatic heterocycles. The molecule has 0 unspecified atom stereocenters. The molecule has 37 valence electrons. The zero-order valence-corrected chi connectivity index (χ0v) is 4.07. The highest BCUT2D eigenvalue weighted by Crippen LogP contribution is 2.06. The average Bonchev–Trinajstić information content (AvgIpc) is 2.14. The standard InChI is InChI=1S/C5H7N2/c6-3-5-1-2-7-4-5/h7H,1-2,4H2. The van der Waals surface area contributed by atoms with Crippen LogP contribution in [-0.2, 0) is 0 Å². The molecular weight excluding hydrogens is 88.1 g/mol. The number of nitriles is 1. The molecule has 1 aliphatic rings. The summed E-state index contributed by atoms with van der Waals surface area (Å²) in [6.07, 6.45) is 0.955. The van der Waals surface area contributed by atoms with E-state index in [9.17, 15) is 0 Å². The molecule has 0 spiro atoms. The van der Waals surface area contributed by atoms with Gasteiger partial charge in [0.2, 0.25) is 0 Å². The third-order valence-corrected chi connectivity index (χ3v) is 1.10. The van der Waals surface area contributed by atoms with E-state index in [-0.39, 0.29) is 0 Å². The van der Waals surface area contributed by atoms with Crippen molar-refractivity contribution < 1.29 is 0 Å². The Morgan fingerprint density at radius 2 is 2.57 bits per heavy atom. The van der Waals surface area contributed by atoms with Gasteiger partial charge in [-0.25, -0.2) is 0 Å². The third kappa shape index (κ3) is 0.908. The molecule has 1 saturated heterocycles. The highest BCUT2D eigenvalue weighted by atomic mass is 14.9. The van der Waals surface area contributed by atoms with E-state index in [1.165, 1.54) is 0 Å². The van der Waals surface area contributed by atoms with Crippen molar-refractivity contribution in [1.29, 1.82) is 5.26 Å². The maximum atomic E-state index is 8.24. The van der Waals surface area contributed by atoms with Gasteiger partial charge in [-0.3, -0.25) is 0 Å². The van der Waals surface area contributed by atoms with Crippen LogP contribution in [0.3, 0.4) is 0 Å². The summed E-state index contributed by atoms with van der Waals surface area (Å²) in [5, 5.41) is 11.3. The van der Waals surface area contributed by atoms with Gasteiger partial charge in [0.1, 0.15) is 0 Å². The zero-order valence-electron chi connectivity index (χ0n) is 4.07. The van der Waals surface area contributed by atoms with E-state index in [1.54, 1.807) is 0 Å². The van der Waals surface area contributed by atoms with E-state index in [2.05, 4.69) is 11.4 Å². The largest absolute Gasteiger partial charge is 0.315 e. The van der Waals surface area contributed by atoms with Crippen LogP contribution in [0, 0.1) is 17.2 Å². The number of hydrogen-bond donors (Lipinski definition) is 1. The van der Waals surface area contributed by atoms with E-state index in [1.807, 2.05) is 0 Å². The van der Waals surface area contributed by atoms with E-state index in [0.717, 1.165) is 25.4 Å². The second-order valence-electron chi connectivity index (χ2n) is 1.64. The van der Waals surface area contributed by atoms with Gasteiger partial charge in [-0.15, -0.1) is 0 Å². The lowest BCUT2D eigenvalue weighted by atomic mass is 10.2. The minimum Gasteiger partial charge on any atom is -0.315 e. The smallest absolute Gasteiger partial charge is 0.0908 e. The van der Waals surface area contributed by atoms with Gasteiger partial charge in [0.05, 0.1) is 12.0 Å². The van der Waals surface area contributed by atoms with Gasteiger partial charge in [-0.05, 0) is 13.0 Å². The molecule has 0 aliphatic carbocycles. The molecule has 1 fully saturated rings. The summed E-state index contributed by atoms with van der Waals surface area (Å²) in [7, 11) is 0. The second kappa shape index (κ2) is 1.94. The lowest BCUT2D eigenvalue weighted by Gasteiger charge is -1.85. The Morgan fingerprint density at radius 3 is 2.86 bits per heavy atom. The van der Waals surface area contributed by atoms with Crippen molar-refractivity contribution in [2.75, 3.05) is 13.1 Å². The molecular formula is C5H7N2. The third-order valence-electron chi connectivity index (χ3n) is 1.10. The van der Waals surface area contributed by atoms with Crippen molar-refractivity contribution in [3.63, 3.8) is 0 Å². The zero-order chi connectivity index (χ0) is 5.11. The molecule has 1 heterocycles. The predicted octanol–water partition coefficient (Wildman–Crippen LogP) is 0.0778. The van der Waals surface area contributed by atoms with Crippen molar-refractivity contribution >= 4 is 0 Å². The normalized spacial score (nSPS) is 22.1. The molecule has 1 N–H and O–H groups in total. The molecule has 0 atom stereocenters. The van der Waals surface area contributed by atoms with Gasteiger partial charge in [0.25, 0.3) is 0 Å². The summed E-state index contributed by atoms with van der Waals surface area (Å²) >= 11 is 0. The van der Waals surface area contributed by atoms with Gasteiger partial charge in [-0.1, -0.05) is 0 Å². The molecule has 0 amide bonds. The molecule has 0 aromatic carbocycles. The molecule has 0 bridgehead atoms. The van der Waals surface area contributed by atoms with Crippen molar-refractivity contribution in [3.05, 3.63) is 5.92 Å². The van der Waals surface area contributed by atoms with Crippen LogP contribution < -0.4 is 5.32 Å². The van der Waals surface area contributed by atoms with Crippen LogP contribution in [0.5, 0.6) is 0 Å². The molecule has 0 saturated carbocycles. The lowest BCUT2D eigenvalue weighted by Crippen LogP contribution is -2.06. The fourth-order valence-corrected chi connectivity index (χ4v) is 0.662. The molecule has 1 rings (SSSR count). The predicted molar refractivity (Wildman–Crippen MR) is 26.3 cm³/mol. The highest BCUT2D eigenvalue weighted by Gasteiger charge is 2.12. The molecule has 2 nitrogen and oxygen atoms in total. The van der Waals surface area contributed by atoms with Crippen LogP contribution >= 0.6 is 0 Å². The van der Waals surface area contributed by atoms with Gasteiger partial charge in [0, 0.05) is 6.54 Å². The minimum absolute atomic E-state index is 0.816. The summed E-state index contributed by atoms with van der Waals surface area (Å²) in [5.41, 5.74) is 0. The Kier molecular flexibility index (Phi) is 1.28. The van der Waals surface area contributed by atoms with Crippen LogP contribution in [0.4, 0.5) is 0 Å². The molecule has 1 radical (unpaired) electrons. The first kappa shape index (κ1) is 4.61. The number of nitrogens with one attached hydrogen (secondary N) is 1. The number of hydrogen-bond acceptors (Lipinski definition) is 2. The van der Waals surface area contributed by atoms with Crippen molar-refractivity contribution in [2.45, 2.75) is 6.42 Å². The number of nitrogens with zero attached hydrogens (tertiary/aromatic N) is 1. The van der Waals surface area contributed by atoms with Gasteiger partial charge in [-0.2, -0.15) is 5.26 Å². The summed E-state index contributed by atoms with van der Waals surface area (Å²) in [5.74, 6) is 0.986. The topological polar surface area (TPSA) is 35.8 Å². The summed E-state index contributed by atoms with van der Waals surface area (Å²) in [4.78, 5) is 0. The molecule has 2 heteroatoms. The van der Waals surface area contributed by atoms with E-state index < -0.39 is 0 Å². The Morgan fingerprint density at radius 1 is 1.71 bits per heavy atom. The van der Waals surface area contributed by atoms with E-state index in [4.69, 9.17) is 5.26 Å². The lowest BCUT2D eigenvalue weighted by molar-refractivity contribution is 0.861. The monoisotopic (exact) mass is 95.1 g/mol. The Balaban J connectivity index is 2.31. The molecule has 0 aromatic rings. The van der Waals surface area contributed by atoms with Crippen LogP contribution in [0.15, 0.2) is 0 Å². The second-order valence-corrected chi connectivity index (χ2v) is 1.64. The Bertz CT molecular complexity index is 86.7. The van der Waals surface area contributed by atoms with Gasteiger partial charge in [0.15, 0.2) is 0 Å². The Labute approximate surface area is 43.1 Å². The number of rotatable bonds is 0. The van der Waals surface area contributed by atoms with E-state index >= 15 is 0 Å². The maximum Gasteiger partial charge on any atom is 0.0908 e. The first-order chi connectivity index (χ1) is 3.43. The van der Waals surface area contributed by atoms with Gasteiger partial charge < -0.3 is 5.32 Å². The fourth-order valence-electron chi connectivity index (χ4n) is 0.662. The Hall–Kier alpha value is -0.550. The van der Waals surface area contributed by atoms with Crippen molar-refractivity contribution in [2.24, 2.45) is 0 Å². The van der Waals surface area contributed by atoms with Crippen LogP contribution in [0.25, 0.3) is 0 Å². The SMILES string of the molecule is N#C[C]1CCNC1. The van der Waals surface area contributed by atoms with Crippen LogP contribution in [0.1, 0.15) is 6.42 Å². The quantitative estimate of drug-likeness (QED) is 0.462. The van der Waals surface area contributed by atoms with E-state index in [0.29, 0.717) is 0 Å². The van der Waals surface area contributed by atoms with Crippen molar-refractivity contribution in [3.8, 4) is 6.07 Å². The summed E-state index contributed by atoms with van der Waals surface area (Å²) in [6, 6.07) is 2.12. The summed E-state index contributed by atoms with van der Waals surface area (Å²) < 4.78 is 0. The molecule has 0 aromatic heterocycles. The maximum absolute atomic E-state index is 8.24. The first-order valence-corrected chi connectivity index (χ1v) is 2.39. The van der Waals surface area contributed by atoms with Crippen LogP contribution in [0.2, 0.25) is 0 Å². The highest BCUT2D eigenvalue weighted by molar-refractivity contribution is 5.15. The minimum atomic E-state index is 0.816. The van der Waals surface area contributed by atoms with Gasteiger partial charge >= 0.3 is 0 Å². The summed E-state index contributed by atoms with van der Waals surface area (Å²) in [6.45, 7) is 1.80. The molecule has 7 heavy (non-hydrogen) atoms. The van der Waals surface area contributed by atoms with Crippen LogP contribution in [-0.4, -0.2) is 13.1 Å². The van der Waals surface area contributed by atoms with Crippen molar-refractivity contribution in [1.82, 2.24) is 5.32 Å². The fraction of sp³-hybridized carbons (Fsp3) is 0.600. The first-order valence-electron chi connectivity index (χ1n) is 2.39. The average molecular weight is 95.1 g/mol.